The molecular weight excluding hydrogens is 248 g/mol. The van der Waals surface area contributed by atoms with Gasteiger partial charge in [0.05, 0.1) is 5.69 Å². The third kappa shape index (κ3) is 3.46. The Morgan fingerprint density at radius 3 is 2.33 bits per heavy atom. The Hall–Kier alpha value is -1.07. The smallest absolute Gasteiger partial charge is 0.242 e. The van der Waals surface area contributed by atoms with Gasteiger partial charge in [-0.3, -0.25) is 0 Å². The van der Waals surface area contributed by atoms with Crippen LogP contribution in [0.1, 0.15) is 27.2 Å². The molecule has 1 unspecified atom stereocenters. The molecule has 0 aliphatic carbocycles. The van der Waals surface area contributed by atoms with Crippen LogP contribution in [0, 0.1) is 5.92 Å². The highest BCUT2D eigenvalue weighted by atomic mass is 32.2. The molecule has 18 heavy (non-hydrogen) atoms. The molecule has 0 spiro atoms. The van der Waals surface area contributed by atoms with Gasteiger partial charge in [-0.2, -0.15) is 0 Å². The van der Waals surface area contributed by atoms with Gasteiger partial charge < -0.3 is 5.32 Å². The third-order valence-corrected chi connectivity index (χ3v) is 4.50. The lowest BCUT2D eigenvalue weighted by atomic mass is 10.0. The average molecular weight is 270 g/mol. The van der Waals surface area contributed by atoms with Crippen LogP contribution in [0.25, 0.3) is 0 Å². The molecule has 102 valence electrons. The van der Waals surface area contributed by atoms with Crippen LogP contribution < -0.4 is 10.0 Å². The quantitative estimate of drug-likeness (QED) is 0.834. The Morgan fingerprint density at radius 2 is 1.83 bits per heavy atom. The van der Waals surface area contributed by atoms with E-state index >= 15 is 0 Å². The molecule has 0 saturated heterocycles. The summed E-state index contributed by atoms with van der Waals surface area (Å²) in [6.07, 6.45) is 0.950. The Morgan fingerprint density at radius 1 is 1.22 bits per heavy atom. The monoisotopic (exact) mass is 270 g/mol. The normalized spacial score (nSPS) is 13.6. The van der Waals surface area contributed by atoms with Gasteiger partial charge >= 0.3 is 0 Å². The predicted octanol–water partition coefficient (Wildman–Crippen LogP) is 2.44. The third-order valence-electron chi connectivity index (χ3n) is 3.03. The minimum atomic E-state index is -3.42. The minimum Gasteiger partial charge on any atom is -0.381 e. The van der Waals surface area contributed by atoms with Gasteiger partial charge in [0.2, 0.25) is 10.0 Å². The zero-order valence-electron chi connectivity index (χ0n) is 11.4. The van der Waals surface area contributed by atoms with Gasteiger partial charge in [-0.15, -0.1) is 0 Å². The summed E-state index contributed by atoms with van der Waals surface area (Å²) in [6, 6.07) is 7.24. The molecule has 1 rings (SSSR count). The summed E-state index contributed by atoms with van der Waals surface area (Å²) in [5, 5.41) is 3.32. The van der Waals surface area contributed by atoms with Gasteiger partial charge in [0.1, 0.15) is 4.90 Å². The van der Waals surface area contributed by atoms with E-state index in [0.29, 0.717) is 16.5 Å². The van der Waals surface area contributed by atoms with Crippen LogP contribution in [0.4, 0.5) is 5.69 Å². The van der Waals surface area contributed by atoms with Crippen molar-refractivity contribution in [3.05, 3.63) is 24.3 Å². The molecule has 0 radical (unpaired) electrons. The molecule has 1 aromatic rings. The van der Waals surface area contributed by atoms with Gasteiger partial charge in [0.15, 0.2) is 0 Å². The Labute approximate surface area is 110 Å². The van der Waals surface area contributed by atoms with Crippen LogP contribution in [0.2, 0.25) is 0 Å². The second-order valence-corrected chi connectivity index (χ2v) is 6.46. The Kier molecular flexibility index (Phi) is 5.16. The number of para-hydroxylation sites is 1. The van der Waals surface area contributed by atoms with E-state index in [4.69, 9.17) is 0 Å². The summed E-state index contributed by atoms with van der Waals surface area (Å²) in [7, 11) is -2.00. The van der Waals surface area contributed by atoms with Crippen molar-refractivity contribution < 1.29 is 8.42 Å². The molecule has 4 nitrogen and oxygen atoms in total. The fourth-order valence-corrected chi connectivity index (χ4v) is 2.76. The van der Waals surface area contributed by atoms with Gasteiger partial charge in [-0.1, -0.05) is 32.9 Å². The number of benzene rings is 1. The minimum absolute atomic E-state index is 0.262. The van der Waals surface area contributed by atoms with Gasteiger partial charge in [0.25, 0.3) is 0 Å². The van der Waals surface area contributed by atoms with Gasteiger partial charge in [-0.05, 0) is 31.5 Å². The molecule has 0 bridgehead atoms. The maximum Gasteiger partial charge on any atom is 0.242 e. The van der Waals surface area contributed by atoms with E-state index in [1.54, 1.807) is 18.2 Å². The number of sulfonamides is 1. The van der Waals surface area contributed by atoms with Crippen molar-refractivity contribution in [2.45, 2.75) is 38.1 Å². The van der Waals surface area contributed by atoms with Crippen molar-refractivity contribution in [2.24, 2.45) is 5.92 Å². The number of hydrogen-bond acceptors (Lipinski definition) is 3. The zero-order valence-corrected chi connectivity index (χ0v) is 12.2. The largest absolute Gasteiger partial charge is 0.381 e. The molecule has 0 fully saturated rings. The first-order valence-electron chi connectivity index (χ1n) is 6.21. The molecule has 0 heterocycles. The number of nitrogens with one attached hydrogen (secondary N) is 2. The lowest BCUT2D eigenvalue weighted by Gasteiger charge is -2.23. The molecule has 0 aromatic heterocycles. The fraction of sp³-hybridized carbons (Fsp3) is 0.538. The molecule has 0 aliphatic rings. The molecule has 0 aliphatic heterocycles. The van der Waals surface area contributed by atoms with Crippen molar-refractivity contribution in [3.63, 3.8) is 0 Å². The van der Waals surface area contributed by atoms with Crippen LogP contribution >= 0.6 is 0 Å². The van der Waals surface area contributed by atoms with Crippen molar-refractivity contribution in [1.29, 1.82) is 0 Å². The van der Waals surface area contributed by atoms with E-state index in [-0.39, 0.29) is 6.04 Å². The van der Waals surface area contributed by atoms with E-state index in [1.165, 1.54) is 7.05 Å². The maximum atomic E-state index is 11.9. The highest BCUT2D eigenvalue weighted by molar-refractivity contribution is 7.89. The molecule has 1 atom stereocenters. The second kappa shape index (κ2) is 6.20. The Bertz CT molecular complexity index is 484. The first-order valence-corrected chi connectivity index (χ1v) is 7.69. The summed E-state index contributed by atoms with van der Waals surface area (Å²) in [6.45, 7) is 6.33. The summed E-state index contributed by atoms with van der Waals surface area (Å²) in [5.74, 6) is 0.445. The summed E-state index contributed by atoms with van der Waals surface area (Å²) in [5.41, 5.74) is 0.660. The summed E-state index contributed by atoms with van der Waals surface area (Å²) in [4.78, 5) is 0.298. The predicted molar refractivity (Wildman–Crippen MR) is 75.2 cm³/mol. The maximum absolute atomic E-state index is 11.9. The van der Waals surface area contributed by atoms with Crippen LogP contribution in [0.5, 0.6) is 0 Å². The highest BCUT2D eigenvalue weighted by Gasteiger charge is 2.18. The zero-order chi connectivity index (χ0) is 13.8. The first kappa shape index (κ1) is 15.0. The van der Waals surface area contributed by atoms with Crippen LogP contribution in [-0.2, 0) is 10.0 Å². The van der Waals surface area contributed by atoms with Crippen LogP contribution in [-0.4, -0.2) is 21.5 Å². The van der Waals surface area contributed by atoms with Crippen LogP contribution in [0.15, 0.2) is 29.2 Å². The summed E-state index contributed by atoms with van der Waals surface area (Å²) >= 11 is 0. The van der Waals surface area contributed by atoms with E-state index in [9.17, 15) is 8.42 Å². The molecule has 0 saturated carbocycles. The molecular formula is C13H22N2O2S. The molecule has 1 aromatic carbocycles. The molecule has 2 N–H and O–H groups in total. The van der Waals surface area contributed by atoms with Crippen molar-refractivity contribution in [3.8, 4) is 0 Å². The van der Waals surface area contributed by atoms with Gasteiger partial charge in [-0.25, -0.2) is 13.1 Å². The number of rotatable bonds is 6. The molecule has 0 amide bonds. The molecule has 5 heteroatoms. The standard InChI is InChI=1S/C13H22N2O2S/c1-5-11(10(2)3)15-12-8-6-7-9-13(12)18(16,17)14-4/h6-11,14-15H,5H2,1-4H3. The van der Waals surface area contributed by atoms with Gasteiger partial charge in [0, 0.05) is 6.04 Å². The lowest BCUT2D eigenvalue weighted by molar-refractivity contribution is 0.510. The van der Waals surface area contributed by atoms with Crippen molar-refractivity contribution in [2.75, 3.05) is 12.4 Å². The number of anilines is 1. The Balaban J connectivity index is 3.11. The highest BCUT2D eigenvalue weighted by Crippen LogP contribution is 2.23. The van der Waals surface area contributed by atoms with E-state index in [2.05, 4.69) is 30.8 Å². The van der Waals surface area contributed by atoms with Crippen LogP contribution in [0.3, 0.4) is 0 Å². The summed E-state index contributed by atoms with van der Waals surface area (Å²) < 4.78 is 26.2. The van der Waals surface area contributed by atoms with E-state index < -0.39 is 10.0 Å². The van der Waals surface area contributed by atoms with Crippen molar-refractivity contribution in [1.82, 2.24) is 4.72 Å². The SMILES string of the molecule is CCC(Nc1ccccc1S(=O)(=O)NC)C(C)C. The van der Waals surface area contributed by atoms with E-state index in [0.717, 1.165) is 6.42 Å². The second-order valence-electron chi connectivity index (χ2n) is 4.61. The van der Waals surface area contributed by atoms with E-state index in [1.807, 2.05) is 6.07 Å². The fourth-order valence-electron chi connectivity index (χ4n) is 1.87. The number of hydrogen-bond donors (Lipinski definition) is 2. The first-order chi connectivity index (χ1) is 8.42. The lowest BCUT2D eigenvalue weighted by Crippen LogP contribution is -2.27. The average Bonchev–Trinajstić information content (AvgIpc) is 2.35. The topological polar surface area (TPSA) is 58.2 Å². The van der Waals surface area contributed by atoms with Crippen molar-refractivity contribution >= 4 is 15.7 Å².